The van der Waals surface area contributed by atoms with Crippen LogP contribution in [0.1, 0.15) is 24.3 Å². The smallest absolute Gasteiger partial charge is 0.310 e. The molecule has 0 atom stereocenters. The molecule has 0 fully saturated rings. The molecule has 0 saturated carbocycles. The lowest BCUT2D eigenvalue weighted by molar-refractivity contribution is -0.146. The molecule has 1 rings (SSSR count). The van der Waals surface area contributed by atoms with Crippen molar-refractivity contribution in [2.24, 2.45) is 5.41 Å². The van der Waals surface area contributed by atoms with E-state index in [1.165, 1.54) is 26.0 Å². The lowest BCUT2D eigenvalue weighted by atomic mass is 9.94. The van der Waals surface area contributed by atoms with Crippen molar-refractivity contribution in [2.75, 3.05) is 6.54 Å². The van der Waals surface area contributed by atoms with Gasteiger partial charge in [-0.15, -0.1) is 0 Å². The summed E-state index contributed by atoms with van der Waals surface area (Å²) in [7, 11) is 0. The number of aromatic nitrogens is 1. The summed E-state index contributed by atoms with van der Waals surface area (Å²) in [6.45, 7) is 2.97. The van der Waals surface area contributed by atoms with Gasteiger partial charge in [-0.1, -0.05) is 23.2 Å². The van der Waals surface area contributed by atoms with Crippen molar-refractivity contribution in [2.45, 2.75) is 13.8 Å². The Hall–Kier alpha value is -1.33. The van der Waals surface area contributed by atoms with Gasteiger partial charge >= 0.3 is 5.97 Å². The quantitative estimate of drug-likeness (QED) is 0.834. The van der Waals surface area contributed by atoms with E-state index in [1.807, 2.05) is 0 Å². The third kappa shape index (κ3) is 3.58. The number of hydrogen-bond donors (Lipinski definition) is 2. The summed E-state index contributed by atoms with van der Waals surface area (Å²) in [5.74, 6) is -1.57. The summed E-state index contributed by atoms with van der Waals surface area (Å²) in [5, 5.41) is 11.7. The van der Waals surface area contributed by atoms with E-state index in [2.05, 4.69) is 10.3 Å². The molecule has 0 aromatic carbocycles. The highest BCUT2D eigenvalue weighted by molar-refractivity contribution is 6.34. The van der Waals surface area contributed by atoms with Gasteiger partial charge in [0.1, 0.15) is 10.8 Å². The van der Waals surface area contributed by atoms with Crippen LogP contribution in [0.15, 0.2) is 12.1 Å². The molecule has 1 heterocycles. The minimum Gasteiger partial charge on any atom is -0.481 e. The predicted molar refractivity (Wildman–Crippen MR) is 68.0 cm³/mol. The van der Waals surface area contributed by atoms with Crippen LogP contribution in [-0.2, 0) is 4.79 Å². The molecule has 98 valence electrons. The zero-order valence-electron chi connectivity index (χ0n) is 9.83. The zero-order chi connectivity index (χ0) is 13.9. The zero-order valence-corrected chi connectivity index (χ0v) is 11.3. The number of rotatable bonds is 4. The SMILES string of the molecule is CC(C)(CNC(=O)c1nc(Cl)ccc1Cl)C(=O)O. The highest BCUT2D eigenvalue weighted by Gasteiger charge is 2.28. The first-order chi connectivity index (χ1) is 8.24. The Labute approximate surface area is 114 Å². The second kappa shape index (κ2) is 5.54. The molecule has 18 heavy (non-hydrogen) atoms. The van der Waals surface area contributed by atoms with E-state index in [0.717, 1.165) is 0 Å². The number of halogens is 2. The van der Waals surface area contributed by atoms with E-state index in [-0.39, 0.29) is 22.4 Å². The molecule has 0 aliphatic heterocycles. The van der Waals surface area contributed by atoms with Gasteiger partial charge in [0, 0.05) is 6.54 Å². The number of hydrogen-bond acceptors (Lipinski definition) is 3. The van der Waals surface area contributed by atoms with Crippen LogP contribution in [0.25, 0.3) is 0 Å². The second-order valence-corrected chi connectivity index (χ2v) is 5.13. The van der Waals surface area contributed by atoms with Gasteiger partial charge in [0.15, 0.2) is 0 Å². The average molecular weight is 291 g/mol. The largest absolute Gasteiger partial charge is 0.481 e. The molecule has 2 N–H and O–H groups in total. The summed E-state index contributed by atoms with van der Waals surface area (Å²) in [6.07, 6.45) is 0. The Morgan fingerprint density at radius 1 is 1.39 bits per heavy atom. The van der Waals surface area contributed by atoms with Gasteiger partial charge in [0.25, 0.3) is 5.91 Å². The fourth-order valence-corrected chi connectivity index (χ4v) is 1.38. The number of carboxylic acid groups (broad SMARTS) is 1. The molecule has 5 nitrogen and oxygen atoms in total. The summed E-state index contributed by atoms with van der Waals surface area (Å²) >= 11 is 11.5. The van der Waals surface area contributed by atoms with E-state index in [4.69, 9.17) is 28.3 Å². The van der Waals surface area contributed by atoms with Crippen LogP contribution < -0.4 is 5.32 Å². The Morgan fingerprint density at radius 3 is 2.56 bits per heavy atom. The molecule has 0 aliphatic rings. The van der Waals surface area contributed by atoms with Crippen molar-refractivity contribution in [1.29, 1.82) is 0 Å². The molecule has 0 unspecified atom stereocenters. The molecule has 0 spiro atoms. The van der Waals surface area contributed by atoms with Crippen LogP contribution in [0.5, 0.6) is 0 Å². The Bertz CT molecular complexity index is 489. The summed E-state index contributed by atoms with van der Waals surface area (Å²) in [6, 6.07) is 2.91. The second-order valence-electron chi connectivity index (χ2n) is 4.34. The van der Waals surface area contributed by atoms with Gasteiger partial charge in [0.2, 0.25) is 0 Å². The molecular weight excluding hydrogens is 279 g/mol. The maximum Gasteiger partial charge on any atom is 0.310 e. The maximum atomic E-state index is 11.8. The van der Waals surface area contributed by atoms with Crippen molar-refractivity contribution in [3.05, 3.63) is 28.0 Å². The summed E-state index contributed by atoms with van der Waals surface area (Å²) in [4.78, 5) is 26.4. The lowest BCUT2D eigenvalue weighted by Crippen LogP contribution is -2.39. The molecule has 1 aromatic rings. The Kier molecular flexibility index (Phi) is 4.53. The van der Waals surface area contributed by atoms with E-state index < -0.39 is 17.3 Å². The molecule has 0 aliphatic carbocycles. The van der Waals surface area contributed by atoms with Gasteiger partial charge in [-0.2, -0.15) is 0 Å². The van der Waals surface area contributed by atoms with Crippen molar-refractivity contribution >= 4 is 35.1 Å². The average Bonchev–Trinajstić information content (AvgIpc) is 2.29. The first-order valence-corrected chi connectivity index (χ1v) is 5.83. The molecule has 1 amide bonds. The van der Waals surface area contributed by atoms with Crippen LogP contribution >= 0.6 is 23.2 Å². The predicted octanol–water partition coefficient (Wildman–Crippen LogP) is 2.23. The van der Waals surface area contributed by atoms with Crippen LogP contribution in [-0.4, -0.2) is 28.5 Å². The molecule has 0 radical (unpaired) electrons. The van der Waals surface area contributed by atoms with E-state index in [1.54, 1.807) is 0 Å². The summed E-state index contributed by atoms with van der Waals surface area (Å²) < 4.78 is 0. The minimum atomic E-state index is -1.07. The van der Waals surface area contributed by atoms with Gasteiger partial charge in [-0.05, 0) is 26.0 Å². The molecule has 0 bridgehead atoms. The van der Waals surface area contributed by atoms with E-state index in [0.29, 0.717) is 0 Å². The molecule has 7 heteroatoms. The van der Waals surface area contributed by atoms with Crippen LogP contribution in [0.4, 0.5) is 0 Å². The van der Waals surface area contributed by atoms with Crippen molar-refractivity contribution in [3.8, 4) is 0 Å². The van der Waals surface area contributed by atoms with E-state index in [9.17, 15) is 9.59 Å². The molecule has 1 aromatic heterocycles. The lowest BCUT2D eigenvalue weighted by Gasteiger charge is -2.19. The Balaban J connectivity index is 2.78. The normalized spacial score (nSPS) is 11.1. The van der Waals surface area contributed by atoms with Crippen molar-refractivity contribution in [3.63, 3.8) is 0 Å². The Morgan fingerprint density at radius 2 is 2.00 bits per heavy atom. The number of carboxylic acids is 1. The molecule has 0 saturated heterocycles. The standard InChI is InChI=1S/C11H12Cl2N2O3/c1-11(2,10(17)18)5-14-9(16)8-6(12)3-4-7(13)15-8/h3-4H,5H2,1-2H3,(H,14,16)(H,17,18). The van der Waals surface area contributed by atoms with Gasteiger partial charge in [-0.3, -0.25) is 9.59 Å². The monoisotopic (exact) mass is 290 g/mol. The number of carbonyl (C=O) groups is 2. The maximum absolute atomic E-state index is 11.8. The number of nitrogens with zero attached hydrogens (tertiary/aromatic N) is 1. The van der Waals surface area contributed by atoms with Crippen LogP contribution in [0.3, 0.4) is 0 Å². The molecular formula is C11H12Cl2N2O3. The third-order valence-electron chi connectivity index (χ3n) is 2.30. The fourth-order valence-electron chi connectivity index (χ4n) is 1.04. The van der Waals surface area contributed by atoms with Crippen LogP contribution in [0.2, 0.25) is 10.2 Å². The number of nitrogens with one attached hydrogen (secondary N) is 1. The third-order valence-corrected chi connectivity index (χ3v) is 2.81. The van der Waals surface area contributed by atoms with Crippen LogP contribution in [0, 0.1) is 5.41 Å². The highest BCUT2D eigenvalue weighted by atomic mass is 35.5. The minimum absolute atomic E-state index is 0.0228. The van der Waals surface area contributed by atoms with Gasteiger partial charge < -0.3 is 10.4 Å². The van der Waals surface area contributed by atoms with E-state index >= 15 is 0 Å². The highest BCUT2D eigenvalue weighted by Crippen LogP contribution is 2.18. The van der Waals surface area contributed by atoms with Crippen molar-refractivity contribution < 1.29 is 14.7 Å². The topological polar surface area (TPSA) is 79.3 Å². The van der Waals surface area contributed by atoms with Crippen molar-refractivity contribution in [1.82, 2.24) is 10.3 Å². The number of pyridine rings is 1. The number of carbonyl (C=O) groups excluding carboxylic acids is 1. The number of amides is 1. The van der Waals surface area contributed by atoms with Gasteiger partial charge in [-0.25, -0.2) is 4.98 Å². The number of aliphatic carboxylic acids is 1. The fraction of sp³-hybridized carbons (Fsp3) is 0.364. The first-order valence-electron chi connectivity index (χ1n) is 5.07. The first kappa shape index (κ1) is 14.7. The summed E-state index contributed by atoms with van der Waals surface area (Å²) in [5.41, 5.74) is -1.09. The van der Waals surface area contributed by atoms with Gasteiger partial charge in [0.05, 0.1) is 10.4 Å².